The van der Waals surface area contributed by atoms with Crippen molar-refractivity contribution in [3.63, 3.8) is 0 Å². The van der Waals surface area contributed by atoms with Crippen LogP contribution in [-0.4, -0.2) is 61.7 Å². The van der Waals surface area contributed by atoms with Gasteiger partial charge in [0.05, 0.1) is 0 Å². The third kappa shape index (κ3) is 10.5. The fraction of sp³-hybridized carbons (Fsp3) is 0.733. The topological polar surface area (TPSA) is 69.6 Å². The molecule has 0 aromatic heterocycles. The normalized spacial score (nSPS) is 12.9. The Bertz CT molecular complexity index is 320. The molecule has 0 aromatic rings. The molecule has 0 aliphatic carbocycles. The summed E-state index contributed by atoms with van der Waals surface area (Å²) in [6.45, 7) is 5.26. The first kappa shape index (κ1) is 22.4. The maximum Gasteiger partial charge on any atom is 0.321 e. The predicted octanol–water partition coefficient (Wildman–Crippen LogP) is 1.70. The zero-order chi connectivity index (χ0) is 16.8. The van der Waals surface area contributed by atoms with Gasteiger partial charge in [0.15, 0.2) is 0 Å². The molecule has 0 aliphatic heterocycles. The second-order valence-electron chi connectivity index (χ2n) is 5.07. The van der Waals surface area contributed by atoms with Gasteiger partial charge < -0.3 is 10.4 Å². The summed E-state index contributed by atoms with van der Waals surface area (Å²) in [4.78, 5) is 23.6. The Hall–Kier alpha value is -0.850. The average molecular weight is 318 g/mol. The number of aliphatic carboxylic acids is 1. The van der Waals surface area contributed by atoms with Gasteiger partial charge in [-0.05, 0) is 51.7 Å². The molecule has 0 aliphatic rings. The third-order valence-corrected chi connectivity index (χ3v) is 3.14. The lowest BCUT2D eigenvalue weighted by Crippen LogP contribution is -2.42. The fourth-order valence-electron chi connectivity index (χ4n) is 2.12. The Labute approximate surface area is 134 Å². The summed E-state index contributed by atoms with van der Waals surface area (Å²) in [7, 11) is 3.68. The molecule has 1 unspecified atom stereocenters. The minimum absolute atomic E-state index is 0.0540. The zero-order valence-corrected chi connectivity index (χ0v) is 14.7. The number of nitrogens with zero attached hydrogens (tertiary/aromatic N) is 1. The molecule has 0 saturated heterocycles. The van der Waals surface area contributed by atoms with Gasteiger partial charge in [0.1, 0.15) is 12.3 Å². The van der Waals surface area contributed by atoms with E-state index < -0.39 is 12.0 Å². The van der Waals surface area contributed by atoms with E-state index in [9.17, 15) is 14.7 Å². The number of hydrogen-bond donors (Lipinski definition) is 3. The summed E-state index contributed by atoms with van der Waals surface area (Å²) in [5.41, 5.74) is 1.05. The van der Waals surface area contributed by atoms with E-state index in [1.54, 1.807) is 12.3 Å². The molecule has 0 aromatic carbocycles. The molecule has 0 spiro atoms. The van der Waals surface area contributed by atoms with Gasteiger partial charge in [0.2, 0.25) is 0 Å². The quantitative estimate of drug-likeness (QED) is 0.325. The lowest BCUT2D eigenvalue weighted by Gasteiger charge is -2.27. The van der Waals surface area contributed by atoms with E-state index in [0.29, 0.717) is 13.0 Å². The van der Waals surface area contributed by atoms with Crippen molar-refractivity contribution in [2.45, 2.75) is 32.7 Å². The van der Waals surface area contributed by atoms with Gasteiger partial charge >= 0.3 is 5.97 Å². The predicted molar refractivity (Wildman–Crippen MR) is 91.1 cm³/mol. The second kappa shape index (κ2) is 14.1. The fourth-order valence-corrected chi connectivity index (χ4v) is 2.12. The average Bonchev–Trinajstić information content (AvgIpc) is 2.43. The number of allylic oxidation sites excluding steroid dienone is 1. The van der Waals surface area contributed by atoms with Gasteiger partial charge in [0, 0.05) is 6.54 Å². The molecular weight excluding hydrogens is 288 g/mol. The first-order chi connectivity index (χ1) is 9.93. The van der Waals surface area contributed by atoms with Gasteiger partial charge in [-0.1, -0.05) is 19.4 Å². The number of rotatable bonds is 10. The maximum atomic E-state index is 11.2. The van der Waals surface area contributed by atoms with Crippen LogP contribution in [0.2, 0.25) is 0 Å². The summed E-state index contributed by atoms with van der Waals surface area (Å²) in [6, 6.07) is -0.484. The van der Waals surface area contributed by atoms with E-state index in [0.717, 1.165) is 24.8 Å². The summed E-state index contributed by atoms with van der Waals surface area (Å²) in [5.74, 6) is -0.744. The maximum absolute atomic E-state index is 11.2. The van der Waals surface area contributed by atoms with Crippen LogP contribution in [-0.2, 0) is 9.59 Å². The molecule has 0 rings (SSSR count). The number of carbonyl (C=O) groups excluding carboxylic acids is 1. The van der Waals surface area contributed by atoms with Gasteiger partial charge in [-0.25, -0.2) is 0 Å². The smallest absolute Gasteiger partial charge is 0.321 e. The van der Waals surface area contributed by atoms with Crippen molar-refractivity contribution >= 4 is 24.9 Å². The van der Waals surface area contributed by atoms with Gasteiger partial charge in [-0.3, -0.25) is 14.5 Å². The molecule has 0 heterocycles. The molecule has 0 saturated carbocycles. The summed E-state index contributed by atoms with van der Waals surface area (Å²) in [5, 5.41) is 12.2. The number of nitrogens with one attached hydrogen (secondary N) is 1. The standard InChI is InChI=1S/C14H26N2O3.CH4S/c1-11(2)13(14(18)19)16(4)9-6-12(7-10-17)5-8-15-3;1-2/h7,10-11,13,15H,5-6,8-9H2,1-4H3,(H,18,19);2H,1H3. The highest BCUT2D eigenvalue weighted by molar-refractivity contribution is 7.79. The van der Waals surface area contributed by atoms with E-state index in [-0.39, 0.29) is 5.92 Å². The van der Waals surface area contributed by atoms with E-state index >= 15 is 0 Å². The first-order valence-corrected chi connectivity index (χ1v) is 7.99. The van der Waals surface area contributed by atoms with E-state index in [1.165, 1.54) is 0 Å². The van der Waals surface area contributed by atoms with Crippen LogP contribution in [0, 0.1) is 5.92 Å². The van der Waals surface area contributed by atoms with Crippen molar-refractivity contribution in [2.24, 2.45) is 5.92 Å². The van der Waals surface area contributed by atoms with Gasteiger partial charge in [-0.2, -0.15) is 12.6 Å². The monoisotopic (exact) mass is 318 g/mol. The third-order valence-electron chi connectivity index (χ3n) is 3.14. The van der Waals surface area contributed by atoms with Gasteiger partial charge in [0.25, 0.3) is 0 Å². The second-order valence-corrected chi connectivity index (χ2v) is 5.07. The van der Waals surface area contributed by atoms with E-state index in [1.807, 2.05) is 32.8 Å². The Balaban J connectivity index is 0. The molecule has 0 radical (unpaired) electrons. The summed E-state index contributed by atoms with van der Waals surface area (Å²) < 4.78 is 0. The van der Waals surface area contributed by atoms with E-state index in [2.05, 4.69) is 17.9 Å². The number of hydrogen-bond acceptors (Lipinski definition) is 5. The number of likely N-dealkylation sites (N-methyl/N-ethyl adjacent to an activating group) is 1. The van der Waals surface area contributed by atoms with Crippen LogP contribution in [0.3, 0.4) is 0 Å². The highest BCUT2D eigenvalue weighted by atomic mass is 32.1. The molecular formula is C15H30N2O3S. The van der Waals surface area contributed by atoms with Crippen molar-refractivity contribution in [2.75, 3.05) is 33.4 Å². The summed E-state index contributed by atoms with van der Waals surface area (Å²) >= 11 is 3.53. The number of thiol groups is 1. The highest BCUT2D eigenvalue weighted by Crippen LogP contribution is 2.13. The Morgan fingerprint density at radius 1 is 1.33 bits per heavy atom. The van der Waals surface area contributed by atoms with Crippen molar-refractivity contribution in [1.82, 2.24) is 10.2 Å². The van der Waals surface area contributed by atoms with Crippen molar-refractivity contribution in [3.8, 4) is 0 Å². The van der Waals surface area contributed by atoms with Crippen LogP contribution in [0.25, 0.3) is 0 Å². The SMILES string of the molecule is CNCCC(=CC=O)CCN(C)C(C(=O)O)C(C)C.CS. The Kier molecular flexibility index (Phi) is 15.1. The summed E-state index contributed by atoms with van der Waals surface area (Å²) in [6.07, 6.45) is 5.59. The van der Waals surface area contributed by atoms with Crippen LogP contribution >= 0.6 is 12.6 Å². The van der Waals surface area contributed by atoms with Crippen LogP contribution in [0.4, 0.5) is 0 Å². The molecule has 0 bridgehead atoms. The highest BCUT2D eigenvalue weighted by Gasteiger charge is 2.25. The molecule has 0 fully saturated rings. The van der Waals surface area contributed by atoms with Crippen LogP contribution in [0.15, 0.2) is 11.6 Å². The number of carbonyl (C=O) groups is 2. The minimum Gasteiger partial charge on any atom is -0.480 e. The molecule has 5 nitrogen and oxygen atoms in total. The van der Waals surface area contributed by atoms with Crippen LogP contribution in [0.1, 0.15) is 26.7 Å². The van der Waals surface area contributed by atoms with E-state index in [4.69, 9.17) is 0 Å². The molecule has 6 heteroatoms. The number of carboxylic acid groups (broad SMARTS) is 1. The van der Waals surface area contributed by atoms with Crippen LogP contribution in [0.5, 0.6) is 0 Å². The molecule has 124 valence electrons. The Morgan fingerprint density at radius 2 is 1.90 bits per heavy atom. The minimum atomic E-state index is -0.798. The molecule has 0 amide bonds. The largest absolute Gasteiger partial charge is 0.480 e. The van der Waals surface area contributed by atoms with Crippen molar-refractivity contribution < 1.29 is 14.7 Å². The molecule has 2 N–H and O–H groups in total. The number of aldehydes is 1. The zero-order valence-electron chi connectivity index (χ0n) is 13.8. The number of carboxylic acids is 1. The molecule has 1 atom stereocenters. The Morgan fingerprint density at radius 3 is 2.29 bits per heavy atom. The lowest BCUT2D eigenvalue weighted by atomic mass is 10.0. The van der Waals surface area contributed by atoms with Gasteiger partial charge in [-0.15, -0.1) is 0 Å². The lowest BCUT2D eigenvalue weighted by molar-refractivity contribution is -0.144. The van der Waals surface area contributed by atoms with Crippen molar-refractivity contribution in [1.29, 1.82) is 0 Å². The molecule has 21 heavy (non-hydrogen) atoms. The van der Waals surface area contributed by atoms with Crippen LogP contribution < -0.4 is 5.32 Å². The van der Waals surface area contributed by atoms with Crippen molar-refractivity contribution in [3.05, 3.63) is 11.6 Å². The first-order valence-electron chi connectivity index (χ1n) is 7.09.